The lowest BCUT2D eigenvalue weighted by molar-refractivity contribution is 0.660. The minimum absolute atomic E-state index is 0.0897. The summed E-state index contributed by atoms with van der Waals surface area (Å²) in [4.78, 5) is 2.41. The topological polar surface area (TPSA) is 8.17 Å². The van der Waals surface area contributed by atoms with Crippen LogP contribution in [0.15, 0.2) is 231 Å². The van der Waals surface area contributed by atoms with E-state index in [1.807, 2.05) is 0 Å². The molecule has 1 aromatic heterocycles. The van der Waals surface area contributed by atoms with Gasteiger partial charge in [0, 0.05) is 38.9 Å². The molecule has 1 aliphatic carbocycles. The van der Waals surface area contributed by atoms with Crippen LogP contribution in [0.3, 0.4) is 0 Å². The first-order chi connectivity index (χ1) is 31.0. The molecule has 0 saturated heterocycles. The summed E-state index contributed by atoms with van der Waals surface area (Å²) in [6, 6.07) is 84.6. The van der Waals surface area contributed by atoms with Crippen molar-refractivity contribution in [2.24, 2.45) is 0 Å². The molecular formula is C61H44N2. The lowest BCUT2D eigenvalue weighted by Crippen LogP contribution is -2.16. The molecule has 1 heterocycles. The van der Waals surface area contributed by atoms with Gasteiger partial charge in [-0.15, -0.1) is 0 Å². The summed E-state index contributed by atoms with van der Waals surface area (Å²) >= 11 is 0. The number of para-hydroxylation sites is 1. The quantitative estimate of drug-likeness (QED) is 0.156. The fourth-order valence-electron chi connectivity index (χ4n) is 10.1. The predicted octanol–water partition coefficient (Wildman–Crippen LogP) is 16.7. The zero-order valence-electron chi connectivity index (χ0n) is 35.3. The van der Waals surface area contributed by atoms with Crippen LogP contribution >= 0.6 is 0 Å². The average Bonchev–Trinajstić information content (AvgIpc) is 3.79. The Morgan fingerprint density at radius 1 is 0.333 bits per heavy atom. The fraction of sp³-hybridized carbons (Fsp3) is 0.0492. The van der Waals surface area contributed by atoms with Crippen LogP contribution in [-0.4, -0.2) is 4.57 Å². The molecule has 0 unspecified atom stereocenters. The molecule has 10 aromatic carbocycles. The first-order valence-corrected chi connectivity index (χ1v) is 21.9. The van der Waals surface area contributed by atoms with Crippen molar-refractivity contribution in [2.75, 3.05) is 4.90 Å². The van der Waals surface area contributed by atoms with Crippen molar-refractivity contribution in [1.82, 2.24) is 4.57 Å². The van der Waals surface area contributed by atoms with E-state index in [0.717, 1.165) is 22.7 Å². The van der Waals surface area contributed by atoms with Gasteiger partial charge in [0.15, 0.2) is 0 Å². The molecule has 2 nitrogen and oxygen atoms in total. The highest BCUT2D eigenvalue weighted by Crippen LogP contribution is 2.51. The van der Waals surface area contributed by atoms with E-state index >= 15 is 0 Å². The van der Waals surface area contributed by atoms with Crippen LogP contribution in [0.4, 0.5) is 17.1 Å². The number of benzene rings is 10. The molecule has 298 valence electrons. The smallest absolute Gasteiger partial charge is 0.0541 e. The Morgan fingerprint density at radius 2 is 0.857 bits per heavy atom. The number of fused-ring (bicyclic) bond motifs is 7. The van der Waals surface area contributed by atoms with Gasteiger partial charge in [0.2, 0.25) is 0 Å². The largest absolute Gasteiger partial charge is 0.310 e. The van der Waals surface area contributed by atoms with Gasteiger partial charge in [0.25, 0.3) is 0 Å². The molecule has 0 N–H and O–H groups in total. The second-order valence-electron chi connectivity index (χ2n) is 17.4. The number of hydrogen-bond acceptors (Lipinski definition) is 1. The summed E-state index contributed by atoms with van der Waals surface area (Å²) in [5.74, 6) is 0. The Balaban J connectivity index is 0.869. The van der Waals surface area contributed by atoms with Crippen molar-refractivity contribution in [3.63, 3.8) is 0 Å². The molecule has 63 heavy (non-hydrogen) atoms. The molecule has 0 fully saturated rings. The van der Waals surface area contributed by atoms with E-state index in [-0.39, 0.29) is 5.41 Å². The third-order valence-corrected chi connectivity index (χ3v) is 13.4. The molecule has 0 amide bonds. The Bertz CT molecular complexity index is 3500. The van der Waals surface area contributed by atoms with Gasteiger partial charge in [0.1, 0.15) is 0 Å². The van der Waals surface area contributed by atoms with Crippen molar-refractivity contribution < 1.29 is 0 Å². The van der Waals surface area contributed by atoms with Crippen molar-refractivity contribution in [2.45, 2.75) is 19.3 Å². The monoisotopic (exact) mass is 804 g/mol. The molecule has 1 aliphatic rings. The van der Waals surface area contributed by atoms with Crippen molar-refractivity contribution in [1.29, 1.82) is 0 Å². The van der Waals surface area contributed by atoms with Crippen LogP contribution in [-0.2, 0) is 5.41 Å². The molecule has 0 spiro atoms. The first-order valence-electron chi connectivity index (χ1n) is 21.9. The molecule has 12 rings (SSSR count). The standard InChI is InChI=1S/C61H44N2/c1-61(2)57-18-10-8-16-53(57)54-36-35-52(40-58(54)61)62(51-34-28-42-14-6-7-15-47(42)38-51)49-30-24-45(25-31-49)43-20-22-46(23-21-43)48-29-37-60-56(39-48)55-17-9-11-19-59(55)63(60)50-32-26-44(27-33-50)41-12-4-3-5-13-41/h3-40H,1-2H3. The van der Waals surface area contributed by atoms with E-state index in [0.29, 0.717) is 0 Å². The maximum atomic E-state index is 2.41. The highest BCUT2D eigenvalue weighted by molar-refractivity contribution is 6.10. The summed E-state index contributed by atoms with van der Waals surface area (Å²) in [5.41, 5.74) is 19.5. The molecule has 0 bridgehead atoms. The lowest BCUT2D eigenvalue weighted by Gasteiger charge is -2.28. The van der Waals surface area contributed by atoms with Gasteiger partial charge in [-0.05, 0) is 133 Å². The summed E-state index contributed by atoms with van der Waals surface area (Å²) in [6.07, 6.45) is 0. The third-order valence-electron chi connectivity index (χ3n) is 13.4. The van der Waals surface area contributed by atoms with E-state index in [2.05, 4.69) is 254 Å². The Morgan fingerprint density at radius 3 is 1.63 bits per heavy atom. The van der Waals surface area contributed by atoms with Gasteiger partial charge in [-0.1, -0.05) is 178 Å². The number of rotatable bonds is 7. The van der Waals surface area contributed by atoms with E-state index in [1.165, 1.54) is 88.2 Å². The minimum Gasteiger partial charge on any atom is -0.310 e. The molecule has 0 aliphatic heterocycles. The maximum Gasteiger partial charge on any atom is 0.0541 e. The van der Waals surface area contributed by atoms with Crippen LogP contribution < -0.4 is 4.90 Å². The van der Waals surface area contributed by atoms with Gasteiger partial charge >= 0.3 is 0 Å². The van der Waals surface area contributed by atoms with Crippen molar-refractivity contribution in [3.05, 3.63) is 242 Å². The minimum atomic E-state index is -0.0897. The van der Waals surface area contributed by atoms with Gasteiger partial charge < -0.3 is 9.47 Å². The fourth-order valence-corrected chi connectivity index (χ4v) is 10.1. The Labute approximate surface area is 368 Å². The molecular weight excluding hydrogens is 761 g/mol. The molecule has 0 atom stereocenters. The van der Waals surface area contributed by atoms with Crippen LogP contribution in [0.25, 0.3) is 82.8 Å². The highest BCUT2D eigenvalue weighted by Gasteiger charge is 2.35. The van der Waals surface area contributed by atoms with E-state index in [9.17, 15) is 0 Å². The highest BCUT2D eigenvalue weighted by atomic mass is 15.1. The average molecular weight is 805 g/mol. The third kappa shape index (κ3) is 6.17. The molecule has 0 saturated carbocycles. The maximum absolute atomic E-state index is 2.41. The SMILES string of the molecule is CC1(C)c2ccccc2-c2ccc(N(c3ccc(-c4ccc(-c5ccc6c(c5)c5ccccc5n6-c5ccc(-c6ccccc6)cc5)cc4)cc3)c3ccc4ccccc4c3)cc21. The second kappa shape index (κ2) is 14.6. The zero-order valence-corrected chi connectivity index (χ0v) is 35.3. The predicted molar refractivity (Wildman–Crippen MR) is 267 cm³/mol. The van der Waals surface area contributed by atoms with E-state index in [4.69, 9.17) is 0 Å². The summed E-state index contributed by atoms with van der Waals surface area (Å²) in [5, 5.41) is 4.97. The normalized spacial score (nSPS) is 12.7. The van der Waals surface area contributed by atoms with Crippen LogP contribution in [0.2, 0.25) is 0 Å². The lowest BCUT2D eigenvalue weighted by atomic mass is 9.82. The van der Waals surface area contributed by atoms with Gasteiger partial charge in [-0.25, -0.2) is 0 Å². The molecule has 0 radical (unpaired) electrons. The Kier molecular flexibility index (Phi) is 8.55. The zero-order chi connectivity index (χ0) is 42.1. The summed E-state index contributed by atoms with van der Waals surface area (Å²) in [7, 11) is 0. The molecule has 11 aromatic rings. The summed E-state index contributed by atoms with van der Waals surface area (Å²) in [6.45, 7) is 4.71. The number of nitrogens with zero attached hydrogens (tertiary/aromatic N) is 2. The van der Waals surface area contributed by atoms with Crippen LogP contribution in [0.1, 0.15) is 25.0 Å². The van der Waals surface area contributed by atoms with E-state index < -0.39 is 0 Å². The van der Waals surface area contributed by atoms with Gasteiger partial charge in [-0.2, -0.15) is 0 Å². The first kappa shape index (κ1) is 36.9. The van der Waals surface area contributed by atoms with Gasteiger partial charge in [-0.3, -0.25) is 0 Å². The van der Waals surface area contributed by atoms with Crippen LogP contribution in [0.5, 0.6) is 0 Å². The number of aromatic nitrogens is 1. The van der Waals surface area contributed by atoms with E-state index in [1.54, 1.807) is 0 Å². The summed E-state index contributed by atoms with van der Waals surface area (Å²) < 4.78 is 2.39. The molecule has 2 heteroatoms. The second-order valence-corrected chi connectivity index (χ2v) is 17.4. The van der Waals surface area contributed by atoms with Crippen molar-refractivity contribution in [3.8, 4) is 50.2 Å². The number of hydrogen-bond donors (Lipinski definition) is 0. The van der Waals surface area contributed by atoms with Crippen molar-refractivity contribution >= 4 is 49.6 Å². The Hall–Kier alpha value is -7.94. The van der Waals surface area contributed by atoms with Crippen LogP contribution in [0, 0.1) is 0 Å². The number of anilines is 3. The van der Waals surface area contributed by atoms with Gasteiger partial charge in [0.05, 0.1) is 11.0 Å².